The van der Waals surface area contributed by atoms with Crippen molar-refractivity contribution in [3.05, 3.63) is 10.4 Å². The first kappa shape index (κ1) is 14.1. The predicted octanol–water partition coefficient (Wildman–Crippen LogP) is 3.63. The molecule has 2 aromatic heterocycles. The van der Waals surface area contributed by atoms with Crippen LogP contribution in [0.2, 0.25) is 0 Å². The molecular formula is C14H19N3OS2. The lowest BCUT2D eigenvalue weighted by Gasteiger charge is -2.33. The second-order valence-corrected chi connectivity index (χ2v) is 7.59. The van der Waals surface area contributed by atoms with Crippen LogP contribution in [0.1, 0.15) is 37.6 Å². The molecule has 2 N–H and O–H groups in total. The zero-order valence-corrected chi connectivity index (χ0v) is 13.7. The number of aromatic nitrogens is 2. The summed E-state index contributed by atoms with van der Waals surface area (Å²) in [6, 6.07) is 0. The van der Waals surface area contributed by atoms with Crippen LogP contribution in [0.4, 0.5) is 5.82 Å². The summed E-state index contributed by atoms with van der Waals surface area (Å²) >= 11 is 3.32. The predicted molar refractivity (Wildman–Crippen MR) is 85.4 cm³/mol. The normalized spacial score (nSPS) is 22.1. The topological polar surface area (TPSA) is 61.0 Å². The van der Waals surface area contributed by atoms with E-state index in [1.807, 2.05) is 0 Å². The van der Waals surface area contributed by atoms with Gasteiger partial charge >= 0.3 is 0 Å². The molecule has 4 nitrogen and oxygen atoms in total. The molecule has 0 unspecified atom stereocenters. The first-order chi connectivity index (χ1) is 9.56. The Labute approximate surface area is 127 Å². The molecule has 1 aliphatic rings. The fourth-order valence-corrected chi connectivity index (χ4v) is 4.25. The number of thioether (sulfide) groups is 1. The molecular weight excluding hydrogens is 290 g/mol. The lowest BCUT2D eigenvalue weighted by atomic mass is 9.90. The molecule has 6 heteroatoms. The van der Waals surface area contributed by atoms with Gasteiger partial charge in [0.15, 0.2) is 5.16 Å². The Hall–Kier alpha value is -0.850. The molecule has 0 saturated carbocycles. The molecule has 2 aromatic rings. The van der Waals surface area contributed by atoms with Gasteiger partial charge in [0.1, 0.15) is 10.6 Å². The molecule has 0 radical (unpaired) electrons. The molecule has 0 saturated heterocycles. The molecule has 1 atom stereocenters. The molecule has 0 aromatic carbocycles. The third-order valence-electron chi connectivity index (χ3n) is 3.87. The molecule has 0 amide bonds. The number of anilines is 1. The molecule has 1 aliphatic heterocycles. The second kappa shape index (κ2) is 5.16. The van der Waals surface area contributed by atoms with Gasteiger partial charge in [0.25, 0.3) is 0 Å². The van der Waals surface area contributed by atoms with Gasteiger partial charge in [0.05, 0.1) is 17.6 Å². The quantitative estimate of drug-likeness (QED) is 0.693. The number of hydrogen-bond acceptors (Lipinski definition) is 6. The SMILES string of the molecule is CCSc1nc(N)c2c3c(sc2n1)CO[C@](C)(CC)C3. The van der Waals surface area contributed by atoms with Gasteiger partial charge in [0.2, 0.25) is 0 Å². The fourth-order valence-electron chi connectivity index (χ4n) is 2.50. The number of hydrogen-bond donors (Lipinski definition) is 1. The Balaban J connectivity index is 2.12. The highest BCUT2D eigenvalue weighted by Gasteiger charge is 2.32. The van der Waals surface area contributed by atoms with Crippen molar-refractivity contribution in [2.75, 3.05) is 11.5 Å². The van der Waals surface area contributed by atoms with Gasteiger partial charge in [-0.25, -0.2) is 9.97 Å². The first-order valence-electron chi connectivity index (χ1n) is 6.91. The van der Waals surface area contributed by atoms with Crippen LogP contribution in [-0.4, -0.2) is 21.3 Å². The number of rotatable bonds is 3. The van der Waals surface area contributed by atoms with Crippen molar-refractivity contribution in [3.8, 4) is 0 Å². The number of fused-ring (bicyclic) bond motifs is 3. The third-order valence-corrected chi connectivity index (χ3v) is 5.69. The molecule has 3 heterocycles. The van der Waals surface area contributed by atoms with E-state index in [9.17, 15) is 0 Å². The monoisotopic (exact) mass is 309 g/mol. The maximum Gasteiger partial charge on any atom is 0.190 e. The number of nitrogens with zero attached hydrogens (tertiary/aromatic N) is 2. The van der Waals surface area contributed by atoms with E-state index in [0.29, 0.717) is 12.4 Å². The van der Waals surface area contributed by atoms with Gasteiger partial charge in [-0.2, -0.15) is 0 Å². The highest BCUT2D eigenvalue weighted by atomic mass is 32.2. The van der Waals surface area contributed by atoms with Crippen LogP contribution >= 0.6 is 23.1 Å². The molecule has 0 fully saturated rings. The van der Waals surface area contributed by atoms with E-state index in [0.717, 1.165) is 34.0 Å². The average molecular weight is 309 g/mol. The maximum absolute atomic E-state index is 6.19. The number of thiophene rings is 1. The van der Waals surface area contributed by atoms with Crippen molar-refractivity contribution in [1.29, 1.82) is 0 Å². The summed E-state index contributed by atoms with van der Waals surface area (Å²) in [6.45, 7) is 7.08. The van der Waals surface area contributed by atoms with Gasteiger partial charge in [-0.1, -0.05) is 25.6 Å². The van der Waals surface area contributed by atoms with Crippen molar-refractivity contribution >= 4 is 39.1 Å². The smallest absolute Gasteiger partial charge is 0.190 e. The largest absolute Gasteiger partial charge is 0.383 e. The first-order valence-corrected chi connectivity index (χ1v) is 8.71. The minimum Gasteiger partial charge on any atom is -0.383 e. The highest BCUT2D eigenvalue weighted by molar-refractivity contribution is 7.99. The average Bonchev–Trinajstić information content (AvgIpc) is 2.77. The molecule has 108 valence electrons. The van der Waals surface area contributed by atoms with Crippen LogP contribution in [0.5, 0.6) is 0 Å². The highest BCUT2D eigenvalue weighted by Crippen LogP contribution is 2.41. The Morgan fingerprint density at radius 1 is 1.40 bits per heavy atom. The van der Waals surface area contributed by atoms with Crippen molar-refractivity contribution in [1.82, 2.24) is 9.97 Å². The van der Waals surface area contributed by atoms with Crippen LogP contribution in [0.25, 0.3) is 10.2 Å². The summed E-state index contributed by atoms with van der Waals surface area (Å²) in [7, 11) is 0. The lowest BCUT2D eigenvalue weighted by Crippen LogP contribution is -2.33. The van der Waals surface area contributed by atoms with Crippen LogP contribution < -0.4 is 5.73 Å². The van der Waals surface area contributed by atoms with E-state index in [4.69, 9.17) is 10.5 Å². The summed E-state index contributed by atoms with van der Waals surface area (Å²) in [4.78, 5) is 11.3. The fraction of sp³-hybridized carbons (Fsp3) is 0.571. The van der Waals surface area contributed by atoms with E-state index in [1.165, 1.54) is 10.4 Å². The van der Waals surface area contributed by atoms with E-state index in [2.05, 4.69) is 30.7 Å². The van der Waals surface area contributed by atoms with Gasteiger partial charge < -0.3 is 10.5 Å². The molecule has 0 aliphatic carbocycles. The van der Waals surface area contributed by atoms with E-state index < -0.39 is 0 Å². The maximum atomic E-state index is 6.19. The van der Waals surface area contributed by atoms with Crippen molar-refractivity contribution in [3.63, 3.8) is 0 Å². The zero-order chi connectivity index (χ0) is 14.3. The van der Waals surface area contributed by atoms with Gasteiger partial charge in [-0.05, 0) is 24.7 Å². The lowest BCUT2D eigenvalue weighted by molar-refractivity contribution is -0.0542. The zero-order valence-electron chi connectivity index (χ0n) is 12.0. The molecule has 3 rings (SSSR count). The summed E-state index contributed by atoms with van der Waals surface area (Å²) in [6.07, 6.45) is 1.89. The Morgan fingerprint density at radius 3 is 2.90 bits per heavy atom. The molecule has 0 spiro atoms. The van der Waals surface area contributed by atoms with Gasteiger partial charge in [0, 0.05) is 11.3 Å². The minimum atomic E-state index is -0.0930. The van der Waals surface area contributed by atoms with Gasteiger partial charge in [-0.15, -0.1) is 11.3 Å². The summed E-state index contributed by atoms with van der Waals surface area (Å²) < 4.78 is 6.00. The van der Waals surface area contributed by atoms with Crippen molar-refractivity contribution < 1.29 is 4.74 Å². The van der Waals surface area contributed by atoms with Crippen molar-refractivity contribution in [2.24, 2.45) is 0 Å². The number of nitrogens with two attached hydrogens (primary N) is 1. The summed E-state index contributed by atoms with van der Waals surface area (Å²) in [5, 5.41) is 1.82. The van der Waals surface area contributed by atoms with E-state index >= 15 is 0 Å². The number of nitrogen functional groups attached to an aromatic ring is 1. The van der Waals surface area contributed by atoms with E-state index in [1.54, 1.807) is 23.1 Å². The second-order valence-electron chi connectivity index (χ2n) is 5.28. The van der Waals surface area contributed by atoms with Crippen molar-refractivity contribution in [2.45, 2.75) is 51.0 Å². The summed E-state index contributed by atoms with van der Waals surface area (Å²) in [5.74, 6) is 1.57. The molecule has 20 heavy (non-hydrogen) atoms. The minimum absolute atomic E-state index is 0.0930. The Kier molecular flexibility index (Phi) is 3.64. The van der Waals surface area contributed by atoms with E-state index in [-0.39, 0.29) is 5.60 Å². The Bertz CT molecular complexity index is 655. The van der Waals surface area contributed by atoms with Crippen LogP contribution in [0.15, 0.2) is 5.16 Å². The third kappa shape index (κ3) is 2.29. The summed E-state index contributed by atoms with van der Waals surface area (Å²) in [5.41, 5.74) is 7.39. The Morgan fingerprint density at radius 2 is 2.20 bits per heavy atom. The van der Waals surface area contributed by atoms with Crippen LogP contribution in [0, 0.1) is 0 Å². The standard InChI is InChI=1S/C14H19N3OS2/c1-4-14(3)6-8-9(7-18-14)20-12-10(8)11(15)16-13(17-12)19-5-2/h4-7H2,1-3H3,(H2,15,16,17)/t14-/m1/s1. The van der Waals surface area contributed by atoms with Crippen LogP contribution in [-0.2, 0) is 17.8 Å². The number of ether oxygens (including phenoxy) is 1. The van der Waals surface area contributed by atoms with Gasteiger partial charge in [-0.3, -0.25) is 0 Å². The molecule has 0 bridgehead atoms. The van der Waals surface area contributed by atoms with Crippen LogP contribution in [0.3, 0.4) is 0 Å².